The number of anilines is 1. The van der Waals surface area contributed by atoms with E-state index in [1.807, 2.05) is 12.1 Å². The zero-order valence-electron chi connectivity index (χ0n) is 16.5. The van der Waals surface area contributed by atoms with Gasteiger partial charge < -0.3 is 9.42 Å². The normalized spacial score (nSPS) is 18.8. The second-order valence-corrected chi connectivity index (χ2v) is 8.42. The van der Waals surface area contributed by atoms with Crippen molar-refractivity contribution >= 4 is 34.7 Å². The van der Waals surface area contributed by atoms with Crippen LogP contribution in [-0.4, -0.2) is 49.1 Å². The Labute approximate surface area is 182 Å². The van der Waals surface area contributed by atoms with Crippen LogP contribution in [0.2, 0.25) is 0 Å². The van der Waals surface area contributed by atoms with Crippen molar-refractivity contribution in [1.82, 2.24) is 25.1 Å². The zero-order valence-corrected chi connectivity index (χ0v) is 17.3. The third-order valence-corrected chi connectivity index (χ3v) is 6.19. The van der Waals surface area contributed by atoms with Gasteiger partial charge in [0.25, 0.3) is 0 Å². The maximum atomic E-state index is 11.9. The molecule has 0 amide bonds. The fourth-order valence-corrected chi connectivity index (χ4v) is 4.43. The molecule has 2 saturated heterocycles. The van der Waals surface area contributed by atoms with Crippen LogP contribution < -0.4 is 4.90 Å². The number of aromatic nitrogens is 5. The summed E-state index contributed by atoms with van der Waals surface area (Å²) in [5, 5.41) is 3.97. The largest absolute Gasteiger partial charge is 0.341 e. The van der Waals surface area contributed by atoms with Crippen LogP contribution in [0.5, 0.6) is 0 Å². The molecule has 31 heavy (non-hydrogen) atoms. The summed E-state index contributed by atoms with van der Waals surface area (Å²) >= 11 is 0.980. The molecule has 0 N–H and O–H groups in total. The first kappa shape index (κ1) is 19.6. The fraction of sp³-hybridized carbons (Fsp3) is 0.286. The number of nitrogens with zero attached hydrogens (tertiary/aromatic N) is 6. The Bertz CT molecular complexity index is 1150. The van der Waals surface area contributed by atoms with Gasteiger partial charge >= 0.3 is 0 Å². The summed E-state index contributed by atoms with van der Waals surface area (Å²) in [6, 6.07) is 5.44. The predicted molar refractivity (Wildman–Crippen MR) is 114 cm³/mol. The van der Waals surface area contributed by atoms with Crippen molar-refractivity contribution in [3.63, 3.8) is 0 Å². The SMILES string of the molecule is O=C1CC(=O)/C(=C/c2ccnc(N3CCC(c4nc(-c5ccncc5)no4)CC3)n2)S1. The first-order valence-corrected chi connectivity index (χ1v) is 10.7. The highest BCUT2D eigenvalue weighted by atomic mass is 32.2. The van der Waals surface area contributed by atoms with Crippen LogP contribution in [0.25, 0.3) is 17.5 Å². The van der Waals surface area contributed by atoms with Crippen molar-refractivity contribution in [2.75, 3.05) is 18.0 Å². The molecule has 2 aliphatic heterocycles. The highest BCUT2D eigenvalue weighted by Gasteiger charge is 2.28. The van der Waals surface area contributed by atoms with E-state index < -0.39 is 0 Å². The monoisotopic (exact) mass is 434 g/mol. The number of carbonyl (C=O) groups is 2. The van der Waals surface area contributed by atoms with Crippen molar-refractivity contribution < 1.29 is 14.1 Å². The van der Waals surface area contributed by atoms with Gasteiger partial charge in [-0.3, -0.25) is 14.6 Å². The highest BCUT2D eigenvalue weighted by molar-refractivity contribution is 8.18. The second kappa shape index (κ2) is 8.38. The Balaban J connectivity index is 1.25. The maximum Gasteiger partial charge on any atom is 0.230 e. The quantitative estimate of drug-likeness (QED) is 0.448. The van der Waals surface area contributed by atoms with Crippen LogP contribution in [0.1, 0.15) is 36.8 Å². The van der Waals surface area contributed by atoms with Crippen molar-refractivity contribution in [2.45, 2.75) is 25.2 Å². The minimum Gasteiger partial charge on any atom is -0.341 e. The molecule has 0 aromatic carbocycles. The summed E-state index contributed by atoms with van der Waals surface area (Å²) in [7, 11) is 0. The van der Waals surface area contributed by atoms with Gasteiger partial charge in [0.15, 0.2) is 5.78 Å². The van der Waals surface area contributed by atoms with Gasteiger partial charge in [-0.15, -0.1) is 0 Å². The number of pyridine rings is 1. The van der Waals surface area contributed by atoms with Gasteiger partial charge in [0, 0.05) is 43.2 Å². The molecule has 0 saturated carbocycles. The van der Waals surface area contributed by atoms with Crippen molar-refractivity contribution in [3.05, 3.63) is 53.3 Å². The number of piperidine rings is 1. The number of rotatable bonds is 4. The van der Waals surface area contributed by atoms with Crippen molar-refractivity contribution in [1.29, 1.82) is 0 Å². The fourth-order valence-electron chi connectivity index (χ4n) is 3.62. The van der Waals surface area contributed by atoms with Gasteiger partial charge in [-0.2, -0.15) is 4.98 Å². The molecular weight excluding hydrogens is 416 g/mol. The van der Waals surface area contributed by atoms with E-state index in [-0.39, 0.29) is 23.2 Å². The van der Waals surface area contributed by atoms with Gasteiger partial charge in [0.1, 0.15) is 0 Å². The number of allylic oxidation sites excluding steroid dienone is 1. The van der Waals surface area contributed by atoms with Crippen molar-refractivity contribution in [3.8, 4) is 11.4 Å². The van der Waals surface area contributed by atoms with Crippen LogP contribution >= 0.6 is 11.8 Å². The smallest absolute Gasteiger partial charge is 0.230 e. The first-order valence-electron chi connectivity index (χ1n) is 9.93. The molecule has 0 atom stereocenters. The lowest BCUT2D eigenvalue weighted by atomic mass is 9.97. The van der Waals surface area contributed by atoms with E-state index in [2.05, 4.69) is 30.0 Å². The summed E-state index contributed by atoms with van der Waals surface area (Å²) in [5.41, 5.74) is 1.50. The third kappa shape index (κ3) is 4.24. The topological polar surface area (TPSA) is 115 Å². The lowest BCUT2D eigenvalue weighted by molar-refractivity contribution is -0.119. The molecule has 0 spiro atoms. The van der Waals surface area contributed by atoms with Crippen LogP contribution in [-0.2, 0) is 9.59 Å². The summed E-state index contributed by atoms with van der Waals surface area (Å²) in [6.07, 6.45) is 8.38. The van der Waals surface area contributed by atoms with E-state index >= 15 is 0 Å². The number of hydrogen-bond acceptors (Lipinski definition) is 10. The minimum atomic E-state index is -0.151. The third-order valence-electron chi connectivity index (χ3n) is 5.25. The highest BCUT2D eigenvalue weighted by Crippen LogP contribution is 2.32. The van der Waals surface area contributed by atoms with E-state index in [1.54, 1.807) is 30.7 Å². The van der Waals surface area contributed by atoms with Crippen LogP contribution in [0.15, 0.2) is 46.2 Å². The minimum absolute atomic E-state index is 0.0412. The molecule has 0 bridgehead atoms. The molecule has 2 fully saturated rings. The molecule has 5 rings (SSSR count). The Hall–Kier alpha value is -3.40. The number of thioether (sulfide) groups is 1. The average molecular weight is 434 g/mol. The molecule has 0 radical (unpaired) electrons. The summed E-state index contributed by atoms with van der Waals surface area (Å²) in [6.45, 7) is 1.51. The summed E-state index contributed by atoms with van der Waals surface area (Å²) in [4.78, 5) is 43.4. The molecule has 10 heteroatoms. The number of carbonyl (C=O) groups excluding carboxylic acids is 2. The first-order chi connectivity index (χ1) is 15.2. The van der Waals surface area contributed by atoms with Gasteiger partial charge in [0.2, 0.25) is 22.8 Å². The maximum absolute atomic E-state index is 11.9. The molecule has 0 unspecified atom stereocenters. The Kier molecular flexibility index (Phi) is 5.29. The van der Waals surface area contributed by atoms with Gasteiger partial charge in [-0.1, -0.05) is 5.16 Å². The molecular formula is C21H18N6O3S. The Morgan fingerprint density at radius 3 is 2.61 bits per heavy atom. The Morgan fingerprint density at radius 2 is 1.87 bits per heavy atom. The second-order valence-electron chi connectivity index (χ2n) is 7.32. The lowest BCUT2D eigenvalue weighted by Crippen LogP contribution is -2.34. The molecule has 2 aliphatic rings. The standard InChI is InChI=1S/C21H18N6O3S/c28-16-12-18(29)31-17(16)11-15-3-8-23-21(24-15)27-9-4-14(5-10-27)20-25-19(26-30-20)13-1-6-22-7-2-13/h1-3,6-8,11,14H,4-5,9-10,12H2/b17-11-. The van der Waals surface area contributed by atoms with Crippen LogP contribution in [0.3, 0.4) is 0 Å². The van der Waals surface area contributed by atoms with Gasteiger partial charge in [-0.05, 0) is 48.9 Å². The molecule has 0 aliphatic carbocycles. The molecule has 3 aromatic rings. The van der Waals surface area contributed by atoms with E-state index in [4.69, 9.17) is 4.52 Å². The van der Waals surface area contributed by atoms with E-state index in [0.29, 0.717) is 28.3 Å². The molecule has 9 nitrogen and oxygen atoms in total. The van der Waals surface area contributed by atoms with E-state index in [1.165, 1.54) is 0 Å². The van der Waals surface area contributed by atoms with Crippen LogP contribution in [0, 0.1) is 0 Å². The average Bonchev–Trinajstić information content (AvgIpc) is 3.41. The van der Waals surface area contributed by atoms with E-state index in [9.17, 15) is 9.59 Å². The van der Waals surface area contributed by atoms with E-state index in [0.717, 1.165) is 43.3 Å². The van der Waals surface area contributed by atoms with Gasteiger partial charge in [0.05, 0.1) is 17.0 Å². The van der Waals surface area contributed by atoms with Crippen molar-refractivity contribution in [2.24, 2.45) is 0 Å². The molecule has 3 aromatic heterocycles. The number of Topliss-reactive ketones (excluding diaryl/α,β-unsaturated/α-hetero) is 1. The number of ketones is 1. The molecule has 5 heterocycles. The predicted octanol–water partition coefficient (Wildman–Crippen LogP) is 2.88. The molecule has 156 valence electrons. The summed E-state index contributed by atoms with van der Waals surface area (Å²) in [5.74, 6) is 1.86. The van der Waals surface area contributed by atoms with Gasteiger partial charge in [-0.25, -0.2) is 9.97 Å². The summed E-state index contributed by atoms with van der Waals surface area (Å²) < 4.78 is 5.51. The number of hydrogen-bond donors (Lipinski definition) is 0. The lowest BCUT2D eigenvalue weighted by Gasteiger charge is -2.30. The van der Waals surface area contributed by atoms with Crippen LogP contribution in [0.4, 0.5) is 5.95 Å². The Morgan fingerprint density at radius 1 is 1.06 bits per heavy atom. The zero-order chi connectivity index (χ0) is 21.2.